The monoisotopic (exact) mass is 288 g/mol. The zero-order valence-corrected chi connectivity index (χ0v) is 13.0. The Morgan fingerprint density at radius 3 is 2.76 bits per heavy atom. The van der Waals surface area contributed by atoms with E-state index >= 15 is 0 Å². The molecule has 0 unspecified atom stereocenters. The zero-order chi connectivity index (χ0) is 15.3. The van der Waals surface area contributed by atoms with Gasteiger partial charge in [-0.05, 0) is 51.3 Å². The number of aromatic nitrogens is 3. The molecule has 0 aliphatic carbocycles. The molecule has 0 saturated carbocycles. The summed E-state index contributed by atoms with van der Waals surface area (Å²) in [4.78, 5) is 0. The first-order chi connectivity index (χ1) is 9.99. The van der Waals surface area contributed by atoms with Crippen LogP contribution in [0.25, 0.3) is 0 Å². The molecule has 1 heterocycles. The number of aryl methyl sites for hydroxylation is 1. The fraction of sp³-hybridized carbons (Fsp3) is 0.500. The number of anilines is 1. The molecule has 0 radical (unpaired) electrons. The molecule has 2 rings (SSSR count). The van der Waals surface area contributed by atoms with Gasteiger partial charge in [-0.3, -0.25) is 0 Å². The van der Waals surface area contributed by atoms with E-state index in [9.17, 15) is 0 Å². The number of nitrogens with one attached hydrogen (secondary N) is 1. The van der Waals surface area contributed by atoms with Crippen LogP contribution in [-0.4, -0.2) is 26.7 Å². The van der Waals surface area contributed by atoms with Crippen LogP contribution in [0.3, 0.4) is 0 Å². The number of hydrogen-bond donors (Lipinski definition) is 2. The molecule has 0 bridgehead atoms. The Balaban J connectivity index is 1.95. The molecule has 0 aliphatic heterocycles. The molecule has 2 aromatic rings. The minimum atomic E-state index is -0.0462. The van der Waals surface area contributed by atoms with Crippen molar-refractivity contribution in [1.82, 2.24) is 15.0 Å². The molecule has 114 valence electrons. The molecule has 5 nitrogen and oxygen atoms in total. The quantitative estimate of drug-likeness (QED) is 0.857. The number of benzene rings is 1. The molecule has 5 heteroatoms. The van der Waals surface area contributed by atoms with Crippen LogP contribution in [0.1, 0.15) is 38.4 Å². The summed E-state index contributed by atoms with van der Waals surface area (Å²) in [6.07, 6.45) is 3.66. The van der Waals surface area contributed by atoms with Gasteiger partial charge < -0.3 is 10.4 Å². The Morgan fingerprint density at radius 1 is 1.29 bits per heavy atom. The number of aliphatic hydroxyl groups excluding tert-OH is 1. The van der Waals surface area contributed by atoms with Crippen molar-refractivity contribution in [3.8, 4) is 0 Å². The molecule has 0 aliphatic rings. The van der Waals surface area contributed by atoms with E-state index in [0.29, 0.717) is 6.54 Å². The number of hydrogen-bond acceptors (Lipinski definition) is 4. The molecule has 2 N–H and O–H groups in total. The second-order valence-electron chi connectivity index (χ2n) is 6.21. The zero-order valence-electron chi connectivity index (χ0n) is 13.0. The lowest BCUT2D eigenvalue weighted by atomic mass is 10.1. The molecule has 0 saturated heterocycles. The maximum Gasteiger partial charge on any atom is 0.102 e. The van der Waals surface area contributed by atoms with E-state index in [4.69, 9.17) is 5.11 Å². The van der Waals surface area contributed by atoms with Gasteiger partial charge in [-0.1, -0.05) is 17.3 Å². The standard InChI is InChI=1S/C16H24N4O/c1-16(2,3)20-12-15(18-19-20)11-17-14-8-4-6-13(10-14)7-5-9-21/h4,6,8,10,12,17,21H,5,7,9,11H2,1-3H3. The van der Waals surface area contributed by atoms with Crippen molar-refractivity contribution in [2.45, 2.75) is 45.7 Å². The summed E-state index contributed by atoms with van der Waals surface area (Å²) in [5, 5.41) is 20.6. The molecule has 21 heavy (non-hydrogen) atoms. The average Bonchev–Trinajstić information content (AvgIpc) is 2.92. The summed E-state index contributed by atoms with van der Waals surface area (Å²) in [5.41, 5.74) is 3.17. The third-order valence-corrected chi connectivity index (χ3v) is 3.25. The highest BCUT2D eigenvalue weighted by atomic mass is 16.2. The molecule has 0 spiro atoms. The van der Waals surface area contributed by atoms with Crippen molar-refractivity contribution < 1.29 is 5.11 Å². The lowest BCUT2D eigenvalue weighted by Gasteiger charge is -2.17. The molecule has 0 fully saturated rings. The van der Waals surface area contributed by atoms with Crippen molar-refractivity contribution in [1.29, 1.82) is 0 Å². The molecule has 0 amide bonds. The summed E-state index contributed by atoms with van der Waals surface area (Å²) in [6.45, 7) is 7.18. The SMILES string of the molecule is CC(C)(C)n1cc(CNc2cccc(CCCO)c2)nn1. The first-order valence-electron chi connectivity index (χ1n) is 7.34. The second-order valence-corrected chi connectivity index (χ2v) is 6.21. The Morgan fingerprint density at radius 2 is 2.10 bits per heavy atom. The van der Waals surface area contributed by atoms with E-state index in [1.54, 1.807) is 0 Å². The van der Waals surface area contributed by atoms with Gasteiger partial charge in [0.2, 0.25) is 0 Å². The summed E-state index contributed by atoms with van der Waals surface area (Å²) >= 11 is 0. The van der Waals surface area contributed by atoms with Gasteiger partial charge in [0.15, 0.2) is 0 Å². The van der Waals surface area contributed by atoms with Crippen molar-refractivity contribution in [3.63, 3.8) is 0 Å². The van der Waals surface area contributed by atoms with Crippen LogP contribution in [0.2, 0.25) is 0 Å². The van der Waals surface area contributed by atoms with Crippen LogP contribution in [0, 0.1) is 0 Å². The van der Waals surface area contributed by atoms with Crippen LogP contribution in [0.15, 0.2) is 30.5 Å². The highest BCUT2D eigenvalue weighted by Crippen LogP contribution is 2.15. The topological polar surface area (TPSA) is 63.0 Å². The van der Waals surface area contributed by atoms with Gasteiger partial charge in [-0.15, -0.1) is 5.10 Å². The van der Waals surface area contributed by atoms with Gasteiger partial charge in [0.1, 0.15) is 5.69 Å². The van der Waals surface area contributed by atoms with Crippen molar-refractivity contribution in [2.24, 2.45) is 0 Å². The van der Waals surface area contributed by atoms with E-state index in [1.165, 1.54) is 5.56 Å². The predicted molar refractivity (Wildman–Crippen MR) is 84.2 cm³/mol. The number of rotatable bonds is 6. The smallest absolute Gasteiger partial charge is 0.102 e. The van der Waals surface area contributed by atoms with Crippen LogP contribution >= 0.6 is 0 Å². The summed E-state index contributed by atoms with van der Waals surface area (Å²) in [6, 6.07) is 8.26. The lowest BCUT2D eigenvalue weighted by molar-refractivity contribution is 0.288. The van der Waals surface area contributed by atoms with Gasteiger partial charge in [-0.2, -0.15) is 0 Å². The molecule has 1 aromatic carbocycles. The fourth-order valence-corrected chi connectivity index (χ4v) is 2.02. The maximum absolute atomic E-state index is 8.88. The van der Waals surface area contributed by atoms with Crippen molar-refractivity contribution in [2.75, 3.05) is 11.9 Å². The minimum Gasteiger partial charge on any atom is -0.396 e. The average molecular weight is 288 g/mol. The van der Waals surface area contributed by atoms with E-state index < -0.39 is 0 Å². The molecular weight excluding hydrogens is 264 g/mol. The van der Waals surface area contributed by atoms with Gasteiger partial charge in [0, 0.05) is 12.3 Å². The Kier molecular flexibility index (Phi) is 4.96. The van der Waals surface area contributed by atoms with E-state index in [0.717, 1.165) is 24.2 Å². The first kappa shape index (κ1) is 15.5. The number of aliphatic hydroxyl groups is 1. The van der Waals surface area contributed by atoms with Crippen LogP contribution in [-0.2, 0) is 18.5 Å². The van der Waals surface area contributed by atoms with Crippen LogP contribution < -0.4 is 5.32 Å². The third-order valence-electron chi connectivity index (χ3n) is 3.25. The Bertz CT molecular complexity index is 572. The van der Waals surface area contributed by atoms with Gasteiger partial charge in [0.05, 0.1) is 18.3 Å². The summed E-state index contributed by atoms with van der Waals surface area (Å²) in [7, 11) is 0. The van der Waals surface area contributed by atoms with Gasteiger partial charge >= 0.3 is 0 Å². The van der Waals surface area contributed by atoms with Crippen LogP contribution in [0.5, 0.6) is 0 Å². The maximum atomic E-state index is 8.88. The van der Waals surface area contributed by atoms with Crippen molar-refractivity contribution >= 4 is 5.69 Å². The Hall–Kier alpha value is -1.88. The van der Waals surface area contributed by atoms with E-state index in [1.807, 2.05) is 23.0 Å². The number of nitrogens with zero attached hydrogens (tertiary/aromatic N) is 3. The second kappa shape index (κ2) is 6.72. The van der Waals surface area contributed by atoms with Crippen LogP contribution in [0.4, 0.5) is 5.69 Å². The van der Waals surface area contributed by atoms with Gasteiger partial charge in [-0.25, -0.2) is 4.68 Å². The van der Waals surface area contributed by atoms with Gasteiger partial charge in [0.25, 0.3) is 0 Å². The highest BCUT2D eigenvalue weighted by molar-refractivity contribution is 5.45. The largest absolute Gasteiger partial charge is 0.396 e. The molecule has 0 atom stereocenters. The first-order valence-corrected chi connectivity index (χ1v) is 7.34. The van der Waals surface area contributed by atoms with Crippen molar-refractivity contribution in [3.05, 3.63) is 41.7 Å². The van der Waals surface area contributed by atoms with E-state index in [2.05, 4.69) is 48.5 Å². The normalized spacial score (nSPS) is 11.6. The molecule has 1 aromatic heterocycles. The molecular formula is C16H24N4O. The summed E-state index contributed by atoms with van der Waals surface area (Å²) < 4.78 is 1.88. The van der Waals surface area contributed by atoms with E-state index in [-0.39, 0.29) is 12.1 Å². The summed E-state index contributed by atoms with van der Waals surface area (Å²) in [5.74, 6) is 0. The lowest BCUT2D eigenvalue weighted by Crippen LogP contribution is -2.22. The third kappa shape index (κ3) is 4.56. The Labute approximate surface area is 126 Å². The highest BCUT2D eigenvalue weighted by Gasteiger charge is 2.14. The minimum absolute atomic E-state index is 0.0462. The fourth-order valence-electron chi connectivity index (χ4n) is 2.02. The predicted octanol–water partition coefficient (Wildman–Crippen LogP) is 2.57.